The molecular formula is C15H20N2O3. The Balaban J connectivity index is 1.70. The molecule has 1 saturated carbocycles. The molecule has 1 aromatic heterocycles. The van der Waals surface area contributed by atoms with Gasteiger partial charge in [-0.15, -0.1) is 0 Å². The van der Waals surface area contributed by atoms with Crippen LogP contribution in [0.4, 0.5) is 0 Å². The predicted octanol–water partition coefficient (Wildman–Crippen LogP) is 1.17. The van der Waals surface area contributed by atoms with Crippen molar-refractivity contribution in [3.8, 4) is 0 Å². The molecule has 0 bridgehead atoms. The van der Waals surface area contributed by atoms with Crippen LogP contribution in [-0.4, -0.2) is 43.4 Å². The number of hydrogen-bond donors (Lipinski definition) is 1. The number of rotatable bonds is 4. The number of pyridine rings is 1. The van der Waals surface area contributed by atoms with E-state index in [0.717, 1.165) is 18.7 Å². The lowest BCUT2D eigenvalue weighted by Gasteiger charge is -2.47. The minimum Gasteiger partial charge on any atom is -0.384 e. The van der Waals surface area contributed by atoms with Gasteiger partial charge in [-0.1, -0.05) is 0 Å². The first-order chi connectivity index (χ1) is 9.72. The molecule has 0 radical (unpaired) electrons. The van der Waals surface area contributed by atoms with Crippen molar-refractivity contribution in [1.29, 1.82) is 0 Å². The Bertz CT molecular complexity index is 506. The number of carbonyl (C=O) groups excluding carboxylic acids is 1. The fraction of sp³-hybridized carbons (Fsp3) is 0.600. The number of fused-ring (bicyclic) bond motifs is 1. The van der Waals surface area contributed by atoms with Crippen molar-refractivity contribution in [2.75, 3.05) is 20.3 Å². The molecule has 0 spiro atoms. The van der Waals surface area contributed by atoms with E-state index < -0.39 is 0 Å². The second kappa shape index (κ2) is 5.50. The fourth-order valence-electron chi connectivity index (χ4n) is 3.39. The molecule has 1 aromatic rings. The summed E-state index contributed by atoms with van der Waals surface area (Å²) in [6, 6.07) is 3.75. The Morgan fingerprint density at radius 2 is 2.45 bits per heavy atom. The van der Waals surface area contributed by atoms with Crippen LogP contribution in [0, 0.1) is 18.8 Å². The Kier molecular flexibility index (Phi) is 3.72. The molecule has 2 aliphatic rings. The van der Waals surface area contributed by atoms with E-state index in [1.807, 2.05) is 13.0 Å². The monoisotopic (exact) mass is 276 g/mol. The third-order valence-corrected chi connectivity index (χ3v) is 4.44. The van der Waals surface area contributed by atoms with Crippen molar-refractivity contribution in [1.82, 2.24) is 10.3 Å². The number of methoxy groups -OCH3 is 1. The van der Waals surface area contributed by atoms with Gasteiger partial charge in [0.15, 0.2) is 0 Å². The highest BCUT2D eigenvalue weighted by Crippen LogP contribution is 2.43. The van der Waals surface area contributed by atoms with Gasteiger partial charge in [0.1, 0.15) is 0 Å². The van der Waals surface area contributed by atoms with E-state index in [1.165, 1.54) is 0 Å². The van der Waals surface area contributed by atoms with Crippen LogP contribution in [0.15, 0.2) is 18.3 Å². The number of amides is 1. The molecule has 1 amide bonds. The topological polar surface area (TPSA) is 60.5 Å². The Labute approximate surface area is 118 Å². The van der Waals surface area contributed by atoms with Crippen LogP contribution in [0.5, 0.6) is 0 Å². The zero-order chi connectivity index (χ0) is 14.1. The summed E-state index contributed by atoms with van der Waals surface area (Å²) in [7, 11) is 1.69. The number of aromatic nitrogens is 1. The van der Waals surface area contributed by atoms with Gasteiger partial charge in [0, 0.05) is 43.5 Å². The molecule has 1 N–H and O–H groups in total. The molecule has 5 nitrogen and oxygen atoms in total. The third-order valence-electron chi connectivity index (χ3n) is 4.44. The van der Waals surface area contributed by atoms with E-state index in [9.17, 15) is 4.79 Å². The van der Waals surface area contributed by atoms with Crippen LogP contribution in [0.25, 0.3) is 0 Å². The van der Waals surface area contributed by atoms with Crippen molar-refractivity contribution in [2.24, 2.45) is 11.8 Å². The first-order valence-corrected chi connectivity index (χ1v) is 7.05. The molecular weight excluding hydrogens is 256 g/mol. The maximum atomic E-state index is 12.4. The average Bonchev–Trinajstić information content (AvgIpc) is 2.87. The Morgan fingerprint density at radius 1 is 1.60 bits per heavy atom. The van der Waals surface area contributed by atoms with Crippen molar-refractivity contribution >= 4 is 5.91 Å². The molecule has 2 heterocycles. The summed E-state index contributed by atoms with van der Waals surface area (Å²) in [6.45, 7) is 3.26. The standard InChI is InChI=1S/C15H20N2O3/c1-9-10(4-3-6-16-9)15(18)17-13-11-5-7-20-14(11)12(13)8-19-2/h3-4,6,11-14H,5,7-8H2,1-2H3,(H,17,18)/t11-,12+,13-,14-/m0/s1. The fourth-order valence-corrected chi connectivity index (χ4v) is 3.39. The summed E-state index contributed by atoms with van der Waals surface area (Å²) in [5, 5.41) is 3.14. The maximum Gasteiger partial charge on any atom is 0.253 e. The summed E-state index contributed by atoms with van der Waals surface area (Å²) >= 11 is 0. The number of carbonyl (C=O) groups is 1. The number of nitrogens with zero attached hydrogens (tertiary/aromatic N) is 1. The quantitative estimate of drug-likeness (QED) is 0.897. The molecule has 1 aliphatic carbocycles. The second-order valence-electron chi connectivity index (χ2n) is 5.54. The van der Waals surface area contributed by atoms with Crippen LogP contribution >= 0.6 is 0 Å². The van der Waals surface area contributed by atoms with E-state index in [2.05, 4.69) is 10.3 Å². The average molecular weight is 276 g/mol. The molecule has 3 rings (SSSR count). The van der Waals surface area contributed by atoms with Crippen LogP contribution < -0.4 is 5.32 Å². The first kappa shape index (κ1) is 13.5. The van der Waals surface area contributed by atoms with Gasteiger partial charge in [0.05, 0.1) is 18.3 Å². The number of ether oxygens (including phenoxy) is 2. The number of hydrogen-bond acceptors (Lipinski definition) is 4. The third kappa shape index (κ3) is 2.21. The van der Waals surface area contributed by atoms with Gasteiger partial charge in [0.25, 0.3) is 5.91 Å². The molecule has 20 heavy (non-hydrogen) atoms. The summed E-state index contributed by atoms with van der Waals surface area (Å²) in [6.07, 6.45) is 2.96. The van der Waals surface area contributed by atoms with E-state index in [4.69, 9.17) is 9.47 Å². The highest BCUT2D eigenvalue weighted by Gasteiger charge is 2.54. The minimum atomic E-state index is -0.0490. The molecule has 108 valence electrons. The van der Waals surface area contributed by atoms with E-state index in [0.29, 0.717) is 18.1 Å². The zero-order valence-corrected chi connectivity index (χ0v) is 11.8. The molecule has 1 aliphatic heterocycles. The Hall–Kier alpha value is -1.46. The normalized spacial score (nSPS) is 31.5. The lowest BCUT2D eigenvalue weighted by molar-refractivity contribution is -0.0809. The molecule has 0 aromatic carbocycles. The van der Waals surface area contributed by atoms with Crippen molar-refractivity contribution in [3.05, 3.63) is 29.6 Å². The van der Waals surface area contributed by atoms with Crippen LogP contribution in [0.2, 0.25) is 0 Å². The van der Waals surface area contributed by atoms with Gasteiger partial charge in [-0.05, 0) is 25.5 Å². The van der Waals surface area contributed by atoms with Gasteiger partial charge in [-0.2, -0.15) is 0 Å². The Morgan fingerprint density at radius 3 is 3.20 bits per heavy atom. The van der Waals surface area contributed by atoms with Crippen molar-refractivity contribution in [3.63, 3.8) is 0 Å². The lowest BCUT2D eigenvalue weighted by atomic mass is 9.67. The van der Waals surface area contributed by atoms with Crippen molar-refractivity contribution in [2.45, 2.75) is 25.5 Å². The van der Waals surface area contributed by atoms with E-state index in [1.54, 1.807) is 19.4 Å². The van der Waals surface area contributed by atoms with E-state index >= 15 is 0 Å². The van der Waals surface area contributed by atoms with Gasteiger partial charge in [-0.3, -0.25) is 9.78 Å². The van der Waals surface area contributed by atoms with Crippen LogP contribution in [0.3, 0.4) is 0 Å². The smallest absolute Gasteiger partial charge is 0.253 e. The maximum absolute atomic E-state index is 12.4. The van der Waals surface area contributed by atoms with Crippen LogP contribution in [-0.2, 0) is 9.47 Å². The largest absolute Gasteiger partial charge is 0.384 e. The summed E-state index contributed by atoms with van der Waals surface area (Å²) in [4.78, 5) is 16.5. The highest BCUT2D eigenvalue weighted by atomic mass is 16.5. The van der Waals surface area contributed by atoms with Gasteiger partial charge >= 0.3 is 0 Å². The summed E-state index contributed by atoms with van der Waals surface area (Å²) in [5.74, 6) is 0.636. The minimum absolute atomic E-state index is 0.0490. The van der Waals surface area contributed by atoms with Crippen molar-refractivity contribution < 1.29 is 14.3 Å². The van der Waals surface area contributed by atoms with Crippen LogP contribution in [0.1, 0.15) is 22.5 Å². The predicted molar refractivity (Wildman–Crippen MR) is 73.4 cm³/mol. The second-order valence-corrected chi connectivity index (χ2v) is 5.54. The van der Waals surface area contributed by atoms with E-state index in [-0.39, 0.29) is 24.0 Å². The number of nitrogens with one attached hydrogen (secondary N) is 1. The molecule has 4 atom stereocenters. The SMILES string of the molecule is COC[C@@H]1[C@@H](NC(=O)c2cccnc2C)[C@@H]2CCO[C@H]12. The molecule has 2 fully saturated rings. The summed E-state index contributed by atoms with van der Waals surface area (Å²) < 4.78 is 11.0. The highest BCUT2D eigenvalue weighted by molar-refractivity contribution is 5.95. The summed E-state index contributed by atoms with van der Waals surface area (Å²) in [5.41, 5.74) is 1.40. The molecule has 1 saturated heterocycles. The zero-order valence-electron chi connectivity index (χ0n) is 11.8. The van der Waals surface area contributed by atoms with Gasteiger partial charge < -0.3 is 14.8 Å². The van der Waals surface area contributed by atoms with Gasteiger partial charge in [0.2, 0.25) is 0 Å². The number of aryl methyl sites for hydroxylation is 1. The lowest BCUT2D eigenvalue weighted by Crippen LogP contribution is -2.62. The molecule has 5 heteroatoms. The first-order valence-electron chi connectivity index (χ1n) is 7.05. The molecule has 0 unspecified atom stereocenters. The van der Waals surface area contributed by atoms with Gasteiger partial charge in [-0.25, -0.2) is 0 Å².